The van der Waals surface area contributed by atoms with Crippen LogP contribution in [0.15, 0.2) is 30.3 Å². The summed E-state index contributed by atoms with van der Waals surface area (Å²) in [6.45, 7) is 1.51. The number of carbonyl (C=O) groups is 2. The van der Waals surface area contributed by atoms with Crippen LogP contribution in [-0.4, -0.2) is 34.4 Å². The average Bonchev–Trinajstić information content (AvgIpc) is 2.36. The molecule has 4 nitrogen and oxygen atoms in total. The zero-order valence-corrected chi connectivity index (χ0v) is 11.1. The highest BCUT2D eigenvalue weighted by atomic mass is 79.9. The van der Waals surface area contributed by atoms with Crippen LogP contribution < -0.4 is 0 Å². The van der Waals surface area contributed by atoms with Crippen LogP contribution in [0.25, 0.3) is 0 Å². The molecule has 0 saturated heterocycles. The molecule has 17 heavy (non-hydrogen) atoms. The van der Waals surface area contributed by atoms with Gasteiger partial charge in [0, 0.05) is 5.56 Å². The van der Waals surface area contributed by atoms with E-state index in [1.165, 1.54) is 19.1 Å². The third-order valence-corrected chi connectivity index (χ3v) is 3.12. The van der Waals surface area contributed by atoms with Gasteiger partial charge < -0.3 is 9.84 Å². The van der Waals surface area contributed by atoms with Gasteiger partial charge in [0.15, 0.2) is 0 Å². The number of hydrogen-bond acceptors (Lipinski definition) is 4. The van der Waals surface area contributed by atoms with Crippen molar-refractivity contribution in [3.8, 4) is 0 Å². The fraction of sp³-hybridized carbons (Fsp3) is 0.333. The Morgan fingerprint density at radius 1 is 1.35 bits per heavy atom. The molecular weight excluding hydrogens is 288 g/mol. The third-order valence-electron chi connectivity index (χ3n) is 2.45. The van der Waals surface area contributed by atoms with Gasteiger partial charge in [-0.05, 0) is 6.92 Å². The number of benzene rings is 1. The van der Waals surface area contributed by atoms with E-state index in [-0.39, 0.29) is 5.56 Å². The topological polar surface area (TPSA) is 63.6 Å². The first kappa shape index (κ1) is 13.9. The van der Waals surface area contributed by atoms with E-state index in [1.54, 1.807) is 18.2 Å². The van der Waals surface area contributed by atoms with Crippen LogP contribution in [0.5, 0.6) is 0 Å². The summed E-state index contributed by atoms with van der Waals surface area (Å²) >= 11 is 3.06. The highest BCUT2D eigenvalue weighted by molar-refractivity contribution is 9.09. The molecule has 1 N–H and O–H groups in total. The number of esters is 1. The largest absolute Gasteiger partial charge is 0.466 e. The molecule has 5 heteroatoms. The van der Waals surface area contributed by atoms with Crippen LogP contribution in [0.2, 0.25) is 0 Å². The van der Waals surface area contributed by atoms with Crippen LogP contribution in [-0.2, 0) is 9.53 Å². The monoisotopic (exact) mass is 300 g/mol. The second-order valence-electron chi connectivity index (χ2n) is 3.57. The average molecular weight is 301 g/mol. The normalized spacial score (nSPS) is 15.8. The van der Waals surface area contributed by atoms with Crippen LogP contribution in [0.1, 0.15) is 17.3 Å². The number of hydrogen-bond donors (Lipinski definition) is 1. The van der Waals surface area contributed by atoms with Crippen molar-refractivity contribution in [3.63, 3.8) is 0 Å². The van der Waals surface area contributed by atoms with E-state index in [1.807, 2.05) is 0 Å². The highest BCUT2D eigenvalue weighted by Crippen LogP contribution is 2.24. The van der Waals surface area contributed by atoms with E-state index >= 15 is 0 Å². The molecule has 0 aromatic heterocycles. The van der Waals surface area contributed by atoms with E-state index in [4.69, 9.17) is 0 Å². The number of Topliss-reactive ketones (excluding diaryl/α,β-unsaturated/α-hetero) is 1. The maximum absolute atomic E-state index is 12.1. The fourth-order valence-electron chi connectivity index (χ4n) is 1.40. The van der Waals surface area contributed by atoms with Crippen LogP contribution >= 0.6 is 15.9 Å². The van der Waals surface area contributed by atoms with Crippen molar-refractivity contribution < 1.29 is 19.4 Å². The predicted molar refractivity (Wildman–Crippen MR) is 66.1 cm³/mol. The molecule has 2 atom stereocenters. The molecule has 0 aliphatic rings. The van der Waals surface area contributed by atoms with Crippen molar-refractivity contribution in [2.24, 2.45) is 0 Å². The van der Waals surface area contributed by atoms with Crippen LogP contribution in [0.3, 0.4) is 0 Å². The van der Waals surface area contributed by atoms with Gasteiger partial charge in [-0.2, -0.15) is 0 Å². The van der Waals surface area contributed by atoms with Crippen molar-refractivity contribution in [2.45, 2.75) is 17.4 Å². The van der Waals surface area contributed by atoms with Crippen molar-refractivity contribution in [1.29, 1.82) is 0 Å². The molecule has 0 fully saturated rings. The Balaban J connectivity index is 3.18. The fourth-order valence-corrected chi connectivity index (χ4v) is 1.80. The highest BCUT2D eigenvalue weighted by Gasteiger charge is 2.49. The molecule has 0 radical (unpaired) electrons. The van der Waals surface area contributed by atoms with Gasteiger partial charge in [-0.15, -0.1) is 0 Å². The summed E-state index contributed by atoms with van der Waals surface area (Å²) in [5, 5.41) is 10.2. The smallest absolute Gasteiger partial charge is 0.347 e. The van der Waals surface area contributed by atoms with Gasteiger partial charge in [-0.3, -0.25) is 4.79 Å². The first-order chi connectivity index (χ1) is 7.94. The summed E-state index contributed by atoms with van der Waals surface area (Å²) in [7, 11) is 1.13. The molecule has 1 rings (SSSR count). The predicted octanol–water partition coefficient (Wildman–Crippen LogP) is 1.56. The van der Waals surface area contributed by atoms with Crippen LogP contribution in [0.4, 0.5) is 0 Å². The summed E-state index contributed by atoms with van der Waals surface area (Å²) in [5.74, 6) is -1.66. The molecular formula is C12H13BrO4. The summed E-state index contributed by atoms with van der Waals surface area (Å²) < 4.78 is 4.48. The lowest BCUT2D eigenvalue weighted by Crippen LogP contribution is -2.53. The van der Waals surface area contributed by atoms with Gasteiger partial charge in [0.25, 0.3) is 0 Å². The van der Waals surface area contributed by atoms with Crippen molar-refractivity contribution in [1.82, 2.24) is 0 Å². The number of rotatable bonds is 4. The van der Waals surface area contributed by atoms with Crippen molar-refractivity contribution >= 4 is 27.7 Å². The number of carbonyl (C=O) groups excluding carboxylic acids is 2. The minimum absolute atomic E-state index is 0.256. The summed E-state index contributed by atoms with van der Waals surface area (Å²) in [6, 6.07) is 8.12. The molecule has 0 amide bonds. The second-order valence-corrected chi connectivity index (χ2v) is 4.94. The molecule has 1 aromatic rings. The maximum atomic E-state index is 12.1. The number of aliphatic hydroxyl groups is 1. The molecule has 0 aliphatic heterocycles. The zero-order chi connectivity index (χ0) is 13.1. The first-order valence-corrected chi connectivity index (χ1v) is 5.90. The third kappa shape index (κ3) is 2.56. The van der Waals surface area contributed by atoms with Crippen LogP contribution in [0, 0.1) is 0 Å². The lowest BCUT2D eigenvalue weighted by atomic mass is 9.90. The minimum Gasteiger partial charge on any atom is -0.466 e. The van der Waals surface area contributed by atoms with Crippen molar-refractivity contribution in [2.75, 3.05) is 7.11 Å². The van der Waals surface area contributed by atoms with Crippen molar-refractivity contribution in [3.05, 3.63) is 35.9 Å². The SMILES string of the molecule is COC(=O)[C@@](O)(C(=O)c1ccccc1)[C@H](C)Br. The van der Waals surface area contributed by atoms with Gasteiger partial charge in [-0.1, -0.05) is 46.3 Å². The first-order valence-electron chi connectivity index (χ1n) is 4.99. The van der Waals surface area contributed by atoms with Gasteiger partial charge in [-0.25, -0.2) is 4.79 Å². The Hall–Kier alpha value is -1.20. The maximum Gasteiger partial charge on any atom is 0.347 e. The van der Waals surface area contributed by atoms with Gasteiger partial charge in [0.2, 0.25) is 11.4 Å². The summed E-state index contributed by atoms with van der Waals surface area (Å²) in [5.41, 5.74) is -1.96. The van der Waals surface area contributed by atoms with E-state index in [0.717, 1.165) is 7.11 Å². The zero-order valence-electron chi connectivity index (χ0n) is 9.51. The molecule has 0 bridgehead atoms. The van der Waals surface area contributed by atoms with Gasteiger partial charge >= 0.3 is 5.97 Å². The Morgan fingerprint density at radius 2 is 1.88 bits per heavy atom. The Labute approximate surface area is 108 Å². The molecule has 0 unspecified atom stereocenters. The van der Waals surface area contributed by atoms with E-state index in [0.29, 0.717) is 0 Å². The molecule has 0 spiro atoms. The lowest BCUT2D eigenvalue weighted by molar-refractivity contribution is -0.156. The van der Waals surface area contributed by atoms with Gasteiger partial charge in [0.05, 0.1) is 11.9 Å². The van der Waals surface area contributed by atoms with Gasteiger partial charge in [0.1, 0.15) is 0 Å². The Morgan fingerprint density at radius 3 is 2.29 bits per heavy atom. The Kier molecular flexibility index (Phi) is 4.42. The van der Waals surface area contributed by atoms with E-state index < -0.39 is 22.2 Å². The second kappa shape index (κ2) is 5.42. The Bertz CT molecular complexity index is 416. The number of halogens is 1. The number of ether oxygens (including phenoxy) is 1. The molecule has 92 valence electrons. The van der Waals surface area contributed by atoms with E-state index in [9.17, 15) is 14.7 Å². The molecule has 0 saturated carbocycles. The quantitative estimate of drug-likeness (QED) is 0.397. The number of methoxy groups -OCH3 is 1. The van der Waals surface area contributed by atoms with E-state index in [2.05, 4.69) is 20.7 Å². The standard InChI is InChI=1S/C12H13BrO4/c1-8(13)12(16,11(15)17-2)10(14)9-6-4-3-5-7-9/h3-8,16H,1-2H3/t8-,12-/m0/s1. The summed E-state index contributed by atoms with van der Waals surface area (Å²) in [4.78, 5) is 22.9. The minimum atomic E-state index is -2.21. The summed E-state index contributed by atoms with van der Waals surface area (Å²) in [6.07, 6.45) is 0. The molecule has 0 heterocycles. The number of alkyl halides is 1. The molecule has 0 aliphatic carbocycles. The number of ketones is 1. The molecule has 1 aromatic carbocycles. The lowest BCUT2D eigenvalue weighted by Gasteiger charge is -2.26.